The molecule has 7 heteroatoms. The average Bonchev–Trinajstić information content (AvgIpc) is 2.46. The van der Waals surface area contributed by atoms with Gasteiger partial charge in [-0.05, 0) is 44.1 Å². The lowest BCUT2D eigenvalue weighted by molar-refractivity contribution is 0.187. The molecule has 1 aliphatic rings. The van der Waals surface area contributed by atoms with E-state index < -0.39 is 10.0 Å². The van der Waals surface area contributed by atoms with E-state index in [2.05, 4.69) is 4.90 Å². The van der Waals surface area contributed by atoms with E-state index in [0.29, 0.717) is 5.02 Å². The van der Waals surface area contributed by atoms with Crippen LogP contribution in [0.1, 0.15) is 18.4 Å². The van der Waals surface area contributed by atoms with Gasteiger partial charge in [-0.25, -0.2) is 8.42 Å². The Morgan fingerprint density at radius 1 is 1.43 bits per heavy atom. The molecule has 1 aromatic carbocycles. The number of nitrogens with zero attached hydrogens (tertiary/aromatic N) is 2. The number of piperidine rings is 1. The minimum absolute atomic E-state index is 0.000212. The number of alkyl halides is 1. The third kappa shape index (κ3) is 3.71. The smallest absolute Gasteiger partial charge is 0.243 e. The Morgan fingerprint density at radius 2 is 2.14 bits per heavy atom. The summed E-state index contributed by atoms with van der Waals surface area (Å²) in [7, 11) is 0.124. The van der Waals surface area contributed by atoms with Crippen LogP contribution in [-0.4, -0.2) is 50.8 Å². The predicted octanol–water partition coefficient (Wildman–Crippen LogP) is 2.79. The minimum Gasteiger partial charge on any atom is -0.305 e. The van der Waals surface area contributed by atoms with Crippen LogP contribution in [0.25, 0.3) is 0 Å². The number of likely N-dealkylation sites (N-methyl/N-ethyl adjacent to an activating group) is 2. The molecular weight excluding hydrogens is 331 g/mol. The Balaban J connectivity index is 2.26. The number of rotatable bonds is 4. The Bertz CT molecular complexity index is 607. The van der Waals surface area contributed by atoms with Gasteiger partial charge in [-0.1, -0.05) is 17.7 Å². The number of likely N-dealkylation sites (tertiary alicyclic amines) is 1. The zero-order valence-electron chi connectivity index (χ0n) is 12.2. The molecule has 0 bridgehead atoms. The molecule has 4 nitrogen and oxygen atoms in total. The first-order chi connectivity index (χ1) is 9.86. The summed E-state index contributed by atoms with van der Waals surface area (Å²) in [5, 5.41) is 0.389. The highest BCUT2D eigenvalue weighted by atomic mass is 35.5. The fraction of sp³-hybridized carbons (Fsp3) is 0.571. The van der Waals surface area contributed by atoms with E-state index in [1.165, 1.54) is 10.4 Å². The largest absolute Gasteiger partial charge is 0.305 e. The molecule has 1 atom stereocenters. The van der Waals surface area contributed by atoms with Gasteiger partial charge in [0.25, 0.3) is 0 Å². The molecule has 0 aliphatic carbocycles. The van der Waals surface area contributed by atoms with Gasteiger partial charge in [0, 0.05) is 30.5 Å². The topological polar surface area (TPSA) is 40.6 Å². The molecule has 1 aliphatic heterocycles. The molecule has 1 fully saturated rings. The Labute approximate surface area is 136 Å². The summed E-state index contributed by atoms with van der Waals surface area (Å²) in [6.45, 7) is 1.77. The molecule has 0 N–H and O–H groups in total. The highest BCUT2D eigenvalue weighted by Crippen LogP contribution is 2.26. The van der Waals surface area contributed by atoms with Crippen molar-refractivity contribution in [3.63, 3.8) is 0 Å². The SMILES string of the molecule is CN1CCCC(N(C)S(=O)(=O)c2ccc(CCl)c(Cl)c2)C1. The Morgan fingerprint density at radius 3 is 2.71 bits per heavy atom. The first-order valence-corrected chi connectivity index (χ1v) is 9.22. The zero-order valence-corrected chi connectivity index (χ0v) is 14.5. The molecule has 2 rings (SSSR count). The summed E-state index contributed by atoms with van der Waals surface area (Å²) in [5.74, 6) is 0.266. The van der Waals surface area contributed by atoms with Crippen molar-refractivity contribution in [1.82, 2.24) is 9.21 Å². The molecule has 1 aromatic rings. The standard InChI is InChI=1S/C14H20Cl2N2O2S/c1-17-7-3-4-12(10-17)18(2)21(19,20)13-6-5-11(9-15)14(16)8-13/h5-6,8,12H,3-4,7,9-10H2,1-2H3. The van der Waals surface area contributed by atoms with Crippen molar-refractivity contribution in [1.29, 1.82) is 0 Å². The Kier molecular flexibility index (Phi) is 5.54. The fourth-order valence-corrected chi connectivity index (χ4v) is 4.61. The first kappa shape index (κ1) is 17.0. The van der Waals surface area contributed by atoms with E-state index in [1.54, 1.807) is 19.2 Å². The van der Waals surface area contributed by atoms with Gasteiger partial charge < -0.3 is 4.90 Å². The summed E-state index contributed by atoms with van der Waals surface area (Å²) in [5.41, 5.74) is 0.734. The zero-order chi connectivity index (χ0) is 15.6. The lowest BCUT2D eigenvalue weighted by atomic mass is 10.1. The summed E-state index contributed by atoms with van der Waals surface area (Å²) in [4.78, 5) is 2.38. The number of hydrogen-bond donors (Lipinski definition) is 0. The van der Waals surface area contributed by atoms with Gasteiger partial charge in [-0.2, -0.15) is 4.31 Å². The molecule has 0 saturated carbocycles. The van der Waals surface area contributed by atoms with Gasteiger partial charge in [0.05, 0.1) is 4.90 Å². The van der Waals surface area contributed by atoms with Crippen LogP contribution in [0.3, 0.4) is 0 Å². The van der Waals surface area contributed by atoms with Gasteiger partial charge in [0.1, 0.15) is 0 Å². The third-order valence-electron chi connectivity index (χ3n) is 3.96. The van der Waals surface area contributed by atoms with Crippen molar-refractivity contribution >= 4 is 33.2 Å². The van der Waals surface area contributed by atoms with Crippen molar-refractivity contribution in [3.8, 4) is 0 Å². The molecule has 1 heterocycles. The molecule has 21 heavy (non-hydrogen) atoms. The normalized spacial score (nSPS) is 20.9. The van der Waals surface area contributed by atoms with E-state index >= 15 is 0 Å². The maximum absolute atomic E-state index is 12.7. The van der Waals surface area contributed by atoms with Crippen molar-refractivity contribution in [2.24, 2.45) is 0 Å². The second-order valence-electron chi connectivity index (χ2n) is 5.47. The highest BCUT2D eigenvalue weighted by molar-refractivity contribution is 7.89. The third-order valence-corrected chi connectivity index (χ3v) is 6.51. The van der Waals surface area contributed by atoms with Gasteiger partial charge >= 0.3 is 0 Å². The number of hydrogen-bond acceptors (Lipinski definition) is 3. The number of benzene rings is 1. The van der Waals surface area contributed by atoms with E-state index in [-0.39, 0.29) is 16.8 Å². The van der Waals surface area contributed by atoms with E-state index in [9.17, 15) is 8.42 Å². The second kappa shape index (κ2) is 6.84. The van der Waals surface area contributed by atoms with Crippen LogP contribution in [0.5, 0.6) is 0 Å². The summed E-state index contributed by atoms with van der Waals surface area (Å²) < 4.78 is 26.9. The van der Waals surface area contributed by atoms with Crippen LogP contribution in [-0.2, 0) is 15.9 Å². The van der Waals surface area contributed by atoms with Gasteiger partial charge in [0.15, 0.2) is 0 Å². The molecule has 118 valence electrons. The van der Waals surface area contributed by atoms with Crippen molar-refractivity contribution < 1.29 is 8.42 Å². The van der Waals surface area contributed by atoms with Gasteiger partial charge in [-0.15, -0.1) is 11.6 Å². The van der Waals surface area contributed by atoms with Gasteiger partial charge in [-0.3, -0.25) is 0 Å². The number of halogens is 2. The van der Waals surface area contributed by atoms with Crippen LogP contribution in [0.4, 0.5) is 0 Å². The molecule has 0 aromatic heterocycles. The average molecular weight is 351 g/mol. The fourth-order valence-electron chi connectivity index (χ4n) is 2.60. The monoisotopic (exact) mass is 350 g/mol. The number of sulfonamides is 1. The molecule has 0 amide bonds. The predicted molar refractivity (Wildman–Crippen MR) is 86.5 cm³/mol. The molecule has 0 spiro atoms. The van der Waals surface area contributed by atoms with Crippen molar-refractivity contribution in [3.05, 3.63) is 28.8 Å². The van der Waals surface area contributed by atoms with Crippen molar-refractivity contribution in [2.75, 3.05) is 27.2 Å². The van der Waals surface area contributed by atoms with Crippen LogP contribution in [0, 0.1) is 0 Å². The van der Waals surface area contributed by atoms with E-state index in [4.69, 9.17) is 23.2 Å². The minimum atomic E-state index is -3.53. The molecule has 1 saturated heterocycles. The lowest BCUT2D eigenvalue weighted by Gasteiger charge is -2.35. The van der Waals surface area contributed by atoms with E-state index in [0.717, 1.165) is 31.5 Å². The maximum Gasteiger partial charge on any atom is 0.243 e. The van der Waals surface area contributed by atoms with E-state index in [1.807, 2.05) is 7.05 Å². The molecule has 1 unspecified atom stereocenters. The van der Waals surface area contributed by atoms with Crippen molar-refractivity contribution in [2.45, 2.75) is 29.7 Å². The lowest BCUT2D eigenvalue weighted by Crippen LogP contribution is -2.47. The van der Waals surface area contributed by atoms with Crippen LogP contribution in [0.2, 0.25) is 5.02 Å². The molecule has 0 radical (unpaired) electrons. The quantitative estimate of drug-likeness (QED) is 0.784. The van der Waals surface area contributed by atoms with Gasteiger partial charge in [0.2, 0.25) is 10.0 Å². The summed E-state index contributed by atoms with van der Waals surface area (Å²) in [6.07, 6.45) is 1.89. The van der Waals surface area contributed by atoms with Crippen LogP contribution < -0.4 is 0 Å². The maximum atomic E-state index is 12.7. The molecular formula is C14H20Cl2N2O2S. The summed E-state index contributed by atoms with van der Waals surface area (Å²) in [6, 6.07) is 4.73. The van der Waals surface area contributed by atoms with Crippen LogP contribution in [0.15, 0.2) is 23.1 Å². The highest BCUT2D eigenvalue weighted by Gasteiger charge is 2.30. The summed E-state index contributed by atoms with van der Waals surface area (Å²) >= 11 is 11.8. The first-order valence-electron chi connectivity index (χ1n) is 6.87. The van der Waals surface area contributed by atoms with Crippen LogP contribution >= 0.6 is 23.2 Å². The Hall–Kier alpha value is -0.330. The second-order valence-corrected chi connectivity index (χ2v) is 8.14.